The molecule has 0 unspecified atom stereocenters. The van der Waals surface area contributed by atoms with Crippen molar-refractivity contribution in [3.63, 3.8) is 0 Å². The molecule has 1 aromatic heterocycles. The van der Waals surface area contributed by atoms with Crippen molar-refractivity contribution in [1.29, 1.82) is 0 Å². The lowest BCUT2D eigenvalue weighted by Crippen LogP contribution is -2.20. The molecule has 1 amide bonds. The number of esters is 1. The topological polar surface area (TPSA) is 81.2 Å². The number of nitrogens with zero attached hydrogens (tertiary/aromatic N) is 2. The molecule has 0 aliphatic carbocycles. The molecular formula is C12H9Cl2N3O3S. The zero-order chi connectivity index (χ0) is 15.4. The Hall–Kier alpha value is -1.70. The van der Waals surface area contributed by atoms with E-state index >= 15 is 0 Å². The molecule has 1 N–H and O–H groups in total. The van der Waals surface area contributed by atoms with Gasteiger partial charge in [0, 0.05) is 15.7 Å². The van der Waals surface area contributed by atoms with E-state index in [0.29, 0.717) is 21.4 Å². The Morgan fingerprint density at radius 3 is 2.52 bits per heavy atom. The van der Waals surface area contributed by atoms with Gasteiger partial charge in [-0.2, -0.15) is 0 Å². The Morgan fingerprint density at radius 2 is 1.95 bits per heavy atom. The predicted octanol–water partition coefficient (Wildman–Crippen LogP) is 2.95. The lowest BCUT2D eigenvalue weighted by Gasteiger charge is -2.07. The first-order valence-corrected chi connectivity index (χ1v) is 7.20. The average molecular weight is 346 g/mol. The second kappa shape index (κ2) is 6.84. The van der Waals surface area contributed by atoms with E-state index in [1.54, 1.807) is 13.0 Å². The summed E-state index contributed by atoms with van der Waals surface area (Å²) >= 11 is 12.5. The number of carbonyl (C=O) groups excluding carboxylic acids is 2. The van der Waals surface area contributed by atoms with Gasteiger partial charge >= 0.3 is 5.97 Å². The van der Waals surface area contributed by atoms with E-state index in [2.05, 4.69) is 14.9 Å². The molecule has 0 aliphatic heterocycles. The van der Waals surface area contributed by atoms with Gasteiger partial charge in [0.25, 0.3) is 5.91 Å². The average Bonchev–Trinajstić information content (AvgIpc) is 2.81. The van der Waals surface area contributed by atoms with Crippen LogP contribution >= 0.6 is 34.7 Å². The van der Waals surface area contributed by atoms with Gasteiger partial charge in [-0.1, -0.05) is 27.7 Å². The van der Waals surface area contributed by atoms with Gasteiger partial charge in [-0.15, -0.1) is 5.10 Å². The van der Waals surface area contributed by atoms with E-state index in [-0.39, 0.29) is 4.88 Å². The minimum atomic E-state index is -0.637. The molecule has 0 saturated heterocycles. The standard InChI is InChI=1S/C12H9Cl2N3O3S/c1-6-11(21-17-16-6)12(19)20-5-10(18)15-9-3-7(13)2-8(14)4-9/h2-4H,5H2,1H3,(H,15,18). The number of aromatic nitrogens is 2. The van der Waals surface area contributed by atoms with Crippen LogP contribution < -0.4 is 5.32 Å². The summed E-state index contributed by atoms with van der Waals surface area (Å²) in [6, 6.07) is 4.60. The van der Waals surface area contributed by atoms with Crippen LogP contribution in [0.5, 0.6) is 0 Å². The molecule has 110 valence electrons. The molecule has 2 rings (SSSR count). The third kappa shape index (κ3) is 4.38. The summed E-state index contributed by atoms with van der Waals surface area (Å²) in [4.78, 5) is 23.6. The monoisotopic (exact) mass is 345 g/mol. The van der Waals surface area contributed by atoms with Gasteiger partial charge in [0.1, 0.15) is 0 Å². The summed E-state index contributed by atoms with van der Waals surface area (Å²) in [6.45, 7) is 1.20. The van der Waals surface area contributed by atoms with Crippen LogP contribution in [-0.4, -0.2) is 28.1 Å². The van der Waals surface area contributed by atoms with Crippen LogP contribution in [0, 0.1) is 6.92 Å². The molecule has 6 nitrogen and oxygen atoms in total. The number of carbonyl (C=O) groups is 2. The number of anilines is 1. The number of aryl methyl sites for hydroxylation is 1. The Kier molecular flexibility index (Phi) is 5.11. The van der Waals surface area contributed by atoms with Crippen LogP contribution in [0.15, 0.2) is 18.2 Å². The van der Waals surface area contributed by atoms with Gasteiger partial charge in [-0.05, 0) is 36.7 Å². The van der Waals surface area contributed by atoms with Crippen molar-refractivity contribution < 1.29 is 14.3 Å². The molecule has 21 heavy (non-hydrogen) atoms. The molecule has 0 atom stereocenters. The fourth-order valence-electron chi connectivity index (χ4n) is 1.44. The summed E-state index contributed by atoms with van der Waals surface area (Å²) in [6.07, 6.45) is 0. The molecule has 2 aromatic rings. The lowest BCUT2D eigenvalue weighted by molar-refractivity contribution is -0.119. The molecule has 1 aromatic carbocycles. The van der Waals surface area contributed by atoms with E-state index in [9.17, 15) is 9.59 Å². The maximum Gasteiger partial charge on any atom is 0.352 e. The zero-order valence-corrected chi connectivity index (χ0v) is 13.1. The van der Waals surface area contributed by atoms with Gasteiger partial charge in [0.15, 0.2) is 11.5 Å². The Balaban J connectivity index is 1.90. The minimum Gasteiger partial charge on any atom is -0.451 e. The second-order valence-corrected chi connectivity index (χ2v) is 5.60. The number of ether oxygens (including phenoxy) is 1. The zero-order valence-electron chi connectivity index (χ0n) is 10.7. The number of hydrogen-bond acceptors (Lipinski definition) is 6. The van der Waals surface area contributed by atoms with E-state index < -0.39 is 18.5 Å². The highest BCUT2D eigenvalue weighted by molar-refractivity contribution is 7.07. The molecule has 0 saturated carbocycles. The van der Waals surface area contributed by atoms with Crippen LogP contribution in [0.2, 0.25) is 10.0 Å². The fraction of sp³-hybridized carbons (Fsp3) is 0.167. The molecule has 0 aliphatic rings. The number of benzene rings is 1. The van der Waals surface area contributed by atoms with Crippen LogP contribution in [0.4, 0.5) is 5.69 Å². The maximum atomic E-state index is 11.7. The largest absolute Gasteiger partial charge is 0.451 e. The number of halogens is 2. The summed E-state index contributed by atoms with van der Waals surface area (Å²) in [7, 11) is 0. The van der Waals surface area contributed by atoms with E-state index in [1.807, 2.05) is 0 Å². The Bertz CT molecular complexity index is 670. The summed E-state index contributed by atoms with van der Waals surface area (Å²) in [5.74, 6) is -1.14. The van der Waals surface area contributed by atoms with E-state index in [1.165, 1.54) is 12.1 Å². The van der Waals surface area contributed by atoms with Crippen molar-refractivity contribution in [1.82, 2.24) is 9.59 Å². The van der Waals surface area contributed by atoms with Crippen molar-refractivity contribution in [2.24, 2.45) is 0 Å². The minimum absolute atomic E-state index is 0.272. The van der Waals surface area contributed by atoms with Crippen molar-refractivity contribution in [2.75, 3.05) is 11.9 Å². The number of hydrogen-bond donors (Lipinski definition) is 1. The smallest absolute Gasteiger partial charge is 0.352 e. The number of amides is 1. The first kappa shape index (κ1) is 15.7. The molecule has 9 heteroatoms. The molecule has 0 fully saturated rings. The number of nitrogens with one attached hydrogen (secondary N) is 1. The number of rotatable bonds is 4. The first-order valence-electron chi connectivity index (χ1n) is 5.67. The first-order chi connectivity index (χ1) is 9.95. The highest BCUT2D eigenvalue weighted by Crippen LogP contribution is 2.22. The second-order valence-electron chi connectivity index (χ2n) is 3.97. The third-order valence-corrected chi connectivity index (χ3v) is 3.56. The highest BCUT2D eigenvalue weighted by atomic mass is 35.5. The fourth-order valence-corrected chi connectivity index (χ4v) is 2.52. The van der Waals surface area contributed by atoms with Crippen molar-refractivity contribution in [3.8, 4) is 0 Å². The van der Waals surface area contributed by atoms with E-state index in [0.717, 1.165) is 11.5 Å². The van der Waals surface area contributed by atoms with Crippen molar-refractivity contribution in [3.05, 3.63) is 38.8 Å². The molecule has 0 radical (unpaired) electrons. The summed E-state index contributed by atoms with van der Waals surface area (Å²) in [5, 5.41) is 7.00. The van der Waals surface area contributed by atoms with Gasteiger partial charge in [-0.25, -0.2) is 4.79 Å². The predicted molar refractivity (Wildman–Crippen MR) is 80.0 cm³/mol. The Morgan fingerprint density at radius 1 is 1.29 bits per heavy atom. The molecule has 1 heterocycles. The third-order valence-electron chi connectivity index (χ3n) is 2.32. The quantitative estimate of drug-likeness (QED) is 0.861. The normalized spacial score (nSPS) is 10.2. The van der Waals surface area contributed by atoms with Crippen LogP contribution in [0.1, 0.15) is 15.4 Å². The van der Waals surface area contributed by atoms with Gasteiger partial charge in [0.05, 0.1) is 5.69 Å². The van der Waals surface area contributed by atoms with E-state index in [4.69, 9.17) is 27.9 Å². The van der Waals surface area contributed by atoms with Crippen LogP contribution in [0.3, 0.4) is 0 Å². The SMILES string of the molecule is Cc1nnsc1C(=O)OCC(=O)Nc1cc(Cl)cc(Cl)c1. The summed E-state index contributed by atoms with van der Waals surface area (Å²) in [5.41, 5.74) is 0.885. The van der Waals surface area contributed by atoms with Crippen LogP contribution in [0.25, 0.3) is 0 Å². The maximum absolute atomic E-state index is 11.7. The van der Waals surface area contributed by atoms with Gasteiger partial charge < -0.3 is 10.1 Å². The van der Waals surface area contributed by atoms with Crippen LogP contribution in [-0.2, 0) is 9.53 Å². The molecular weight excluding hydrogens is 337 g/mol. The lowest BCUT2D eigenvalue weighted by atomic mass is 10.3. The van der Waals surface area contributed by atoms with Crippen molar-refractivity contribution >= 4 is 52.3 Å². The molecule has 0 bridgehead atoms. The van der Waals surface area contributed by atoms with Gasteiger partial charge in [0.2, 0.25) is 0 Å². The Labute approximate surface area is 134 Å². The van der Waals surface area contributed by atoms with Gasteiger partial charge in [-0.3, -0.25) is 4.79 Å². The van der Waals surface area contributed by atoms with Crippen molar-refractivity contribution in [2.45, 2.75) is 6.92 Å². The molecule has 0 spiro atoms. The summed E-state index contributed by atoms with van der Waals surface area (Å²) < 4.78 is 8.49. The highest BCUT2D eigenvalue weighted by Gasteiger charge is 2.16.